The molecule has 5 heteroatoms. The average molecular weight is 365 g/mol. The van der Waals surface area contributed by atoms with Crippen molar-refractivity contribution in [3.63, 3.8) is 0 Å². The zero-order chi connectivity index (χ0) is 19.4. The van der Waals surface area contributed by atoms with Crippen molar-refractivity contribution >= 4 is 11.7 Å². The van der Waals surface area contributed by atoms with E-state index in [1.165, 1.54) is 23.8 Å². The molecule has 27 heavy (non-hydrogen) atoms. The van der Waals surface area contributed by atoms with Gasteiger partial charge in [0.15, 0.2) is 5.78 Å². The molecule has 2 aromatic carbocycles. The van der Waals surface area contributed by atoms with Crippen LogP contribution >= 0.6 is 0 Å². The van der Waals surface area contributed by atoms with Gasteiger partial charge in [-0.3, -0.25) is 9.59 Å². The topological polar surface area (TPSA) is 55.4 Å². The Morgan fingerprint density at radius 3 is 2.56 bits per heavy atom. The van der Waals surface area contributed by atoms with Crippen LogP contribution in [0.4, 0.5) is 4.39 Å². The molecule has 1 aliphatic carbocycles. The SMILES string of the molecule is CC(C)c1ccc(Oc2ccc(F)cc2C(=O)NC2=CC(=O)CC=C2)cc1. The normalized spacial score (nSPS) is 13.5. The minimum Gasteiger partial charge on any atom is -0.457 e. The van der Waals surface area contributed by atoms with Gasteiger partial charge in [0, 0.05) is 18.2 Å². The maximum atomic E-state index is 13.7. The van der Waals surface area contributed by atoms with Gasteiger partial charge in [-0.2, -0.15) is 0 Å². The van der Waals surface area contributed by atoms with Crippen molar-refractivity contribution in [3.8, 4) is 11.5 Å². The summed E-state index contributed by atoms with van der Waals surface area (Å²) in [6, 6.07) is 11.3. The highest BCUT2D eigenvalue weighted by Gasteiger charge is 2.17. The van der Waals surface area contributed by atoms with E-state index in [0.29, 0.717) is 23.8 Å². The molecule has 2 aromatic rings. The number of ether oxygens (including phenoxy) is 1. The summed E-state index contributed by atoms with van der Waals surface area (Å²) in [7, 11) is 0. The molecule has 1 N–H and O–H groups in total. The van der Waals surface area contributed by atoms with Crippen molar-refractivity contribution < 1.29 is 18.7 Å². The van der Waals surface area contributed by atoms with E-state index in [1.807, 2.05) is 24.3 Å². The Morgan fingerprint density at radius 1 is 1.15 bits per heavy atom. The van der Waals surface area contributed by atoms with E-state index in [1.54, 1.807) is 12.2 Å². The van der Waals surface area contributed by atoms with Gasteiger partial charge in [-0.1, -0.05) is 32.1 Å². The highest BCUT2D eigenvalue weighted by Crippen LogP contribution is 2.28. The molecule has 0 bridgehead atoms. The molecular weight excluding hydrogens is 345 g/mol. The lowest BCUT2D eigenvalue weighted by Gasteiger charge is -2.14. The van der Waals surface area contributed by atoms with E-state index < -0.39 is 11.7 Å². The molecule has 4 nitrogen and oxygen atoms in total. The summed E-state index contributed by atoms with van der Waals surface area (Å²) >= 11 is 0. The van der Waals surface area contributed by atoms with Crippen LogP contribution in [0, 0.1) is 5.82 Å². The molecule has 138 valence electrons. The number of hydrogen-bond acceptors (Lipinski definition) is 3. The second-order valence-corrected chi connectivity index (χ2v) is 6.59. The number of hydrogen-bond donors (Lipinski definition) is 1. The average Bonchev–Trinajstić information content (AvgIpc) is 2.63. The Hall–Kier alpha value is -3.21. The number of halogens is 1. The second kappa shape index (κ2) is 7.99. The fourth-order valence-electron chi connectivity index (χ4n) is 2.68. The zero-order valence-electron chi connectivity index (χ0n) is 15.2. The van der Waals surface area contributed by atoms with Crippen LogP contribution < -0.4 is 10.1 Å². The lowest BCUT2D eigenvalue weighted by molar-refractivity contribution is -0.113. The van der Waals surface area contributed by atoms with E-state index in [0.717, 1.165) is 6.07 Å². The Bertz CT molecular complexity index is 927. The summed E-state index contributed by atoms with van der Waals surface area (Å²) in [6.45, 7) is 4.19. The third kappa shape index (κ3) is 4.70. The first kappa shape index (κ1) is 18.6. The number of allylic oxidation sites excluding steroid dienone is 3. The molecule has 0 aliphatic heterocycles. The molecule has 1 amide bonds. The van der Waals surface area contributed by atoms with Crippen LogP contribution in [-0.2, 0) is 4.79 Å². The van der Waals surface area contributed by atoms with Crippen LogP contribution in [0.3, 0.4) is 0 Å². The van der Waals surface area contributed by atoms with E-state index in [-0.39, 0.29) is 17.1 Å². The van der Waals surface area contributed by atoms with Crippen molar-refractivity contribution in [2.24, 2.45) is 0 Å². The Labute approximate surface area is 157 Å². The van der Waals surface area contributed by atoms with E-state index in [4.69, 9.17) is 4.74 Å². The smallest absolute Gasteiger partial charge is 0.259 e. The fourth-order valence-corrected chi connectivity index (χ4v) is 2.68. The summed E-state index contributed by atoms with van der Waals surface area (Å²) < 4.78 is 19.5. The number of rotatable bonds is 5. The van der Waals surface area contributed by atoms with Crippen LogP contribution in [0.1, 0.15) is 42.1 Å². The summed E-state index contributed by atoms with van der Waals surface area (Å²) in [5, 5.41) is 2.61. The van der Waals surface area contributed by atoms with Gasteiger partial charge < -0.3 is 10.1 Å². The highest BCUT2D eigenvalue weighted by atomic mass is 19.1. The molecule has 0 heterocycles. The molecule has 0 spiro atoms. The van der Waals surface area contributed by atoms with Gasteiger partial charge in [0.2, 0.25) is 0 Å². The third-order valence-electron chi connectivity index (χ3n) is 4.15. The van der Waals surface area contributed by atoms with Crippen LogP contribution in [0.15, 0.2) is 66.4 Å². The standard InChI is InChI=1S/C22H20FNO3/c1-14(2)15-6-9-19(10-7-15)27-21-11-8-16(23)12-20(21)22(26)24-17-4-3-5-18(25)13-17/h3-4,6-14H,5H2,1-2H3,(H,24,26). The van der Waals surface area contributed by atoms with Crippen LogP contribution in [0.5, 0.6) is 11.5 Å². The third-order valence-corrected chi connectivity index (χ3v) is 4.15. The summed E-state index contributed by atoms with van der Waals surface area (Å²) in [4.78, 5) is 24.0. The quantitative estimate of drug-likeness (QED) is 0.821. The molecule has 0 saturated carbocycles. The van der Waals surface area contributed by atoms with Gasteiger partial charge in [-0.05, 0) is 47.9 Å². The Morgan fingerprint density at radius 2 is 1.89 bits per heavy atom. The molecule has 0 aromatic heterocycles. The summed E-state index contributed by atoms with van der Waals surface area (Å²) in [6.07, 6.45) is 4.96. The molecule has 0 fully saturated rings. The fraction of sp³-hybridized carbons (Fsp3) is 0.182. The van der Waals surface area contributed by atoms with Gasteiger partial charge in [0.1, 0.15) is 17.3 Å². The Balaban J connectivity index is 1.83. The number of ketones is 1. The molecule has 3 rings (SSSR count). The van der Waals surface area contributed by atoms with E-state index >= 15 is 0 Å². The van der Waals surface area contributed by atoms with Crippen molar-refractivity contribution in [3.05, 3.63) is 83.3 Å². The number of carbonyl (C=O) groups is 2. The molecular formula is C22H20FNO3. The minimum atomic E-state index is -0.549. The lowest BCUT2D eigenvalue weighted by Crippen LogP contribution is -2.24. The van der Waals surface area contributed by atoms with Crippen molar-refractivity contribution in [2.45, 2.75) is 26.2 Å². The number of carbonyl (C=O) groups excluding carboxylic acids is 2. The number of nitrogens with one attached hydrogen (secondary N) is 1. The first-order valence-electron chi connectivity index (χ1n) is 8.72. The maximum Gasteiger partial charge on any atom is 0.259 e. The monoisotopic (exact) mass is 365 g/mol. The highest BCUT2D eigenvalue weighted by molar-refractivity contribution is 6.00. The second-order valence-electron chi connectivity index (χ2n) is 6.59. The largest absolute Gasteiger partial charge is 0.457 e. The van der Waals surface area contributed by atoms with Crippen LogP contribution in [-0.4, -0.2) is 11.7 Å². The molecule has 0 unspecified atom stereocenters. The van der Waals surface area contributed by atoms with Crippen molar-refractivity contribution in [1.29, 1.82) is 0 Å². The van der Waals surface area contributed by atoms with Gasteiger partial charge in [-0.15, -0.1) is 0 Å². The maximum absolute atomic E-state index is 13.7. The van der Waals surface area contributed by atoms with Gasteiger partial charge in [0.25, 0.3) is 5.91 Å². The van der Waals surface area contributed by atoms with Crippen LogP contribution in [0.2, 0.25) is 0 Å². The van der Waals surface area contributed by atoms with Gasteiger partial charge in [0.05, 0.1) is 5.56 Å². The van der Waals surface area contributed by atoms with Crippen LogP contribution in [0.25, 0.3) is 0 Å². The minimum absolute atomic E-state index is 0.0512. The molecule has 0 saturated heterocycles. The summed E-state index contributed by atoms with van der Waals surface area (Å²) in [5.41, 5.74) is 1.59. The van der Waals surface area contributed by atoms with Gasteiger partial charge in [-0.25, -0.2) is 4.39 Å². The van der Waals surface area contributed by atoms with Gasteiger partial charge >= 0.3 is 0 Å². The number of amides is 1. The van der Waals surface area contributed by atoms with E-state index in [2.05, 4.69) is 19.2 Å². The summed E-state index contributed by atoms with van der Waals surface area (Å²) in [5.74, 6) is -0.0229. The molecule has 0 atom stereocenters. The predicted molar refractivity (Wildman–Crippen MR) is 101 cm³/mol. The molecule has 1 aliphatic rings. The lowest BCUT2D eigenvalue weighted by atomic mass is 10.0. The molecule has 0 radical (unpaired) electrons. The zero-order valence-corrected chi connectivity index (χ0v) is 15.2. The first-order valence-corrected chi connectivity index (χ1v) is 8.72. The van der Waals surface area contributed by atoms with Crippen molar-refractivity contribution in [2.75, 3.05) is 0 Å². The van der Waals surface area contributed by atoms with E-state index in [9.17, 15) is 14.0 Å². The Kier molecular flexibility index (Phi) is 5.50. The first-order chi connectivity index (χ1) is 12.9. The predicted octanol–water partition coefficient (Wildman–Crippen LogP) is 4.88. The van der Waals surface area contributed by atoms with Crippen molar-refractivity contribution in [1.82, 2.24) is 5.32 Å². The number of benzene rings is 2.